The lowest BCUT2D eigenvalue weighted by Crippen LogP contribution is -2.37. The largest absolute Gasteiger partial charge is 0.356 e. The number of hydrogen-bond donors (Lipinski definition) is 2. The lowest BCUT2D eigenvalue weighted by atomic mass is 10.2. The Bertz CT molecular complexity index is 548. The van der Waals surface area contributed by atoms with Gasteiger partial charge in [-0.15, -0.1) is 0 Å². The van der Waals surface area contributed by atoms with Crippen LogP contribution < -0.4 is 10.6 Å². The summed E-state index contributed by atoms with van der Waals surface area (Å²) >= 11 is 5.86. The molecule has 112 valence electrons. The molecule has 0 atom stereocenters. The van der Waals surface area contributed by atoms with Gasteiger partial charge in [0, 0.05) is 44.1 Å². The Kier molecular flexibility index (Phi) is 6.09. The quantitative estimate of drug-likeness (QED) is 0.489. The molecule has 2 N–H and O–H groups in total. The number of hydrogen-bond acceptors (Lipinski definition) is 2. The molecule has 0 aliphatic heterocycles. The van der Waals surface area contributed by atoms with E-state index in [-0.39, 0.29) is 0 Å². The van der Waals surface area contributed by atoms with Crippen LogP contribution >= 0.6 is 11.6 Å². The summed E-state index contributed by atoms with van der Waals surface area (Å²) in [4.78, 5) is 4.20. The lowest BCUT2D eigenvalue weighted by molar-refractivity contribution is 0.570. The number of halogens is 1. The van der Waals surface area contributed by atoms with E-state index in [0.717, 1.165) is 37.0 Å². The van der Waals surface area contributed by atoms with Gasteiger partial charge in [-0.2, -0.15) is 5.10 Å². The van der Waals surface area contributed by atoms with Gasteiger partial charge in [0.25, 0.3) is 0 Å². The molecule has 1 heterocycles. The highest BCUT2D eigenvalue weighted by Crippen LogP contribution is 2.08. The molecule has 0 bridgehead atoms. The van der Waals surface area contributed by atoms with Gasteiger partial charge in [0.1, 0.15) is 0 Å². The van der Waals surface area contributed by atoms with Gasteiger partial charge in [-0.25, -0.2) is 0 Å². The first-order valence-electron chi connectivity index (χ1n) is 6.94. The Morgan fingerprint density at radius 3 is 2.76 bits per heavy atom. The summed E-state index contributed by atoms with van der Waals surface area (Å²) in [5.41, 5.74) is 1.17. The first-order chi connectivity index (χ1) is 10.3. The van der Waals surface area contributed by atoms with Gasteiger partial charge in [0.15, 0.2) is 5.96 Å². The molecule has 2 aromatic rings. The van der Waals surface area contributed by atoms with E-state index in [0.29, 0.717) is 0 Å². The average Bonchev–Trinajstić information content (AvgIpc) is 3.01. The zero-order valence-electron chi connectivity index (χ0n) is 12.1. The molecule has 0 amide bonds. The molecule has 0 aliphatic carbocycles. The number of rotatable bonds is 6. The lowest BCUT2D eigenvalue weighted by Gasteiger charge is -2.12. The fraction of sp³-hybridized carbons (Fsp3) is 0.333. The number of aromatic nitrogens is 2. The van der Waals surface area contributed by atoms with Gasteiger partial charge in [0.05, 0.1) is 0 Å². The Hall–Kier alpha value is -2.01. The summed E-state index contributed by atoms with van der Waals surface area (Å²) in [6.45, 7) is 2.46. The van der Waals surface area contributed by atoms with Crippen molar-refractivity contribution in [2.24, 2.45) is 4.99 Å². The van der Waals surface area contributed by atoms with Crippen LogP contribution in [0.1, 0.15) is 12.0 Å². The third-order valence-corrected chi connectivity index (χ3v) is 3.26. The van der Waals surface area contributed by atoms with Gasteiger partial charge in [-0.05, 0) is 30.2 Å². The zero-order valence-corrected chi connectivity index (χ0v) is 12.8. The summed E-state index contributed by atoms with van der Waals surface area (Å²) in [6, 6.07) is 9.71. The fourth-order valence-electron chi connectivity index (χ4n) is 1.89. The Balaban J connectivity index is 1.67. The zero-order chi connectivity index (χ0) is 14.9. The minimum atomic E-state index is 0.718. The third-order valence-electron chi connectivity index (χ3n) is 3.01. The van der Waals surface area contributed by atoms with Crippen molar-refractivity contribution in [2.45, 2.75) is 19.5 Å². The van der Waals surface area contributed by atoms with Crippen molar-refractivity contribution < 1.29 is 0 Å². The number of guanidine groups is 1. The number of benzene rings is 1. The number of nitrogens with zero attached hydrogens (tertiary/aromatic N) is 3. The molecule has 0 unspecified atom stereocenters. The molecule has 1 aromatic heterocycles. The second kappa shape index (κ2) is 8.32. The summed E-state index contributed by atoms with van der Waals surface area (Å²) in [5.74, 6) is 0.797. The van der Waals surface area contributed by atoms with Crippen molar-refractivity contribution in [3.8, 4) is 0 Å². The van der Waals surface area contributed by atoms with Crippen LogP contribution in [0.4, 0.5) is 0 Å². The molecule has 0 saturated carbocycles. The van der Waals surface area contributed by atoms with E-state index in [2.05, 4.69) is 20.7 Å². The Morgan fingerprint density at radius 1 is 1.29 bits per heavy atom. The van der Waals surface area contributed by atoms with E-state index in [1.165, 1.54) is 5.56 Å². The van der Waals surface area contributed by atoms with Crippen LogP contribution in [-0.4, -0.2) is 29.3 Å². The second-order valence-corrected chi connectivity index (χ2v) is 5.04. The van der Waals surface area contributed by atoms with Crippen LogP contribution in [0.3, 0.4) is 0 Å². The van der Waals surface area contributed by atoms with Crippen LogP contribution in [-0.2, 0) is 13.1 Å². The molecule has 0 spiro atoms. The maximum atomic E-state index is 5.86. The van der Waals surface area contributed by atoms with E-state index in [9.17, 15) is 0 Å². The van der Waals surface area contributed by atoms with Gasteiger partial charge >= 0.3 is 0 Å². The van der Waals surface area contributed by atoms with Crippen molar-refractivity contribution in [2.75, 3.05) is 13.6 Å². The van der Waals surface area contributed by atoms with Crippen LogP contribution in [0.2, 0.25) is 5.02 Å². The molecule has 21 heavy (non-hydrogen) atoms. The van der Waals surface area contributed by atoms with Crippen molar-refractivity contribution >= 4 is 17.6 Å². The van der Waals surface area contributed by atoms with Crippen LogP contribution in [0, 0.1) is 0 Å². The normalized spacial score (nSPS) is 11.4. The minimum Gasteiger partial charge on any atom is -0.356 e. The Morgan fingerprint density at radius 2 is 2.10 bits per heavy atom. The highest BCUT2D eigenvalue weighted by Gasteiger charge is 1.98. The van der Waals surface area contributed by atoms with Crippen molar-refractivity contribution in [1.82, 2.24) is 20.4 Å². The molecule has 5 nitrogen and oxygen atoms in total. The molecule has 0 aliphatic rings. The molecular formula is C15H20ClN5. The maximum Gasteiger partial charge on any atom is 0.191 e. The molecule has 1 aromatic carbocycles. The number of aryl methyl sites for hydroxylation is 1. The first-order valence-corrected chi connectivity index (χ1v) is 7.32. The van der Waals surface area contributed by atoms with Gasteiger partial charge in [-0.3, -0.25) is 9.67 Å². The third kappa shape index (κ3) is 5.47. The van der Waals surface area contributed by atoms with Gasteiger partial charge in [0.2, 0.25) is 0 Å². The number of aliphatic imine (C=N–C) groups is 1. The molecule has 0 radical (unpaired) electrons. The molecule has 0 fully saturated rings. The molecular weight excluding hydrogens is 286 g/mol. The van der Waals surface area contributed by atoms with E-state index in [1.54, 1.807) is 13.2 Å². The summed E-state index contributed by atoms with van der Waals surface area (Å²) < 4.78 is 1.92. The maximum absolute atomic E-state index is 5.86. The standard InChI is InChI=1S/C15H20ClN5/c1-17-15(18-8-2-10-21-11-3-9-20-21)19-12-13-4-6-14(16)7-5-13/h3-7,9,11H,2,8,10,12H2,1H3,(H2,17,18,19). The predicted molar refractivity (Wildman–Crippen MR) is 86.5 cm³/mol. The smallest absolute Gasteiger partial charge is 0.191 e. The highest BCUT2D eigenvalue weighted by molar-refractivity contribution is 6.30. The highest BCUT2D eigenvalue weighted by atomic mass is 35.5. The average molecular weight is 306 g/mol. The Labute approximate surface area is 130 Å². The monoisotopic (exact) mass is 305 g/mol. The minimum absolute atomic E-state index is 0.718. The first kappa shape index (κ1) is 15.4. The van der Waals surface area contributed by atoms with Crippen LogP contribution in [0.5, 0.6) is 0 Å². The van der Waals surface area contributed by atoms with E-state index >= 15 is 0 Å². The van der Waals surface area contributed by atoms with E-state index in [1.807, 2.05) is 41.2 Å². The number of nitrogens with one attached hydrogen (secondary N) is 2. The van der Waals surface area contributed by atoms with Crippen molar-refractivity contribution in [1.29, 1.82) is 0 Å². The van der Waals surface area contributed by atoms with Crippen molar-refractivity contribution in [3.05, 3.63) is 53.3 Å². The SMILES string of the molecule is CN=C(NCCCn1cccn1)NCc1ccc(Cl)cc1. The van der Waals surface area contributed by atoms with Crippen LogP contribution in [0.25, 0.3) is 0 Å². The summed E-state index contributed by atoms with van der Waals surface area (Å²) in [6.07, 6.45) is 4.75. The summed E-state index contributed by atoms with van der Waals surface area (Å²) in [5, 5.41) is 11.5. The predicted octanol–water partition coefficient (Wildman–Crippen LogP) is 2.29. The summed E-state index contributed by atoms with van der Waals surface area (Å²) in [7, 11) is 1.77. The van der Waals surface area contributed by atoms with E-state index < -0.39 is 0 Å². The fourth-order valence-corrected chi connectivity index (χ4v) is 2.02. The second-order valence-electron chi connectivity index (χ2n) is 4.60. The molecule has 2 rings (SSSR count). The molecule has 6 heteroatoms. The molecule has 0 saturated heterocycles. The van der Waals surface area contributed by atoms with Gasteiger partial charge < -0.3 is 10.6 Å². The van der Waals surface area contributed by atoms with Crippen LogP contribution in [0.15, 0.2) is 47.7 Å². The topological polar surface area (TPSA) is 54.2 Å². The van der Waals surface area contributed by atoms with Crippen molar-refractivity contribution in [3.63, 3.8) is 0 Å². The van der Waals surface area contributed by atoms with Gasteiger partial charge in [-0.1, -0.05) is 23.7 Å². The van der Waals surface area contributed by atoms with E-state index in [4.69, 9.17) is 11.6 Å².